The van der Waals surface area contributed by atoms with Crippen molar-refractivity contribution in [2.45, 2.75) is 6.92 Å². The number of nitrogens with one attached hydrogen (secondary N) is 1. The van der Waals surface area contributed by atoms with Gasteiger partial charge in [-0.05, 0) is 24.6 Å². The van der Waals surface area contributed by atoms with Gasteiger partial charge >= 0.3 is 0 Å². The van der Waals surface area contributed by atoms with Crippen molar-refractivity contribution in [1.29, 1.82) is 5.26 Å². The third-order valence-electron chi connectivity index (χ3n) is 3.09. The summed E-state index contributed by atoms with van der Waals surface area (Å²) in [7, 11) is 1.61. The van der Waals surface area contributed by atoms with Gasteiger partial charge in [-0.3, -0.25) is 0 Å². The molecule has 1 aromatic carbocycles. The standard InChI is InChI=1S/C13H15ClN2O2/c1-9-3-12(17-2)11(4-10(9)14)16-6-13(5-15)7-18-8-13/h3-4,16H,6-8H2,1-2H3. The monoisotopic (exact) mass is 266 g/mol. The number of halogens is 1. The maximum absolute atomic E-state index is 9.11. The zero-order valence-corrected chi connectivity index (χ0v) is 11.2. The SMILES string of the molecule is COc1cc(C)c(Cl)cc1NCC1(C#N)COC1. The Kier molecular flexibility index (Phi) is 3.65. The van der Waals surface area contributed by atoms with Crippen molar-refractivity contribution >= 4 is 17.3 Å². The lowest BCUT2D eigenvalue weighted by Gasteiger charge is -2.35. The van der Waals surface area contributed by atoms with Crippen LogP contribution in [0.1, 0.15) is 5.56 Å². The first-order chi connectivity index (χ1) is 8.60. The Morgan fingerprint density at radius 3 is 2.78 bits per heavy atom. The molecule has 0 radical (unpaired) electrons. The molecule has 1 N–H and O–H groups in total. The minimum atomic E-state index is -0.428. The van der Waals surface area contributed by atoms with E-state index in [4.69, 9.17) is 26.3 Å². The minimum absolute atomic E-state index is 0.428. The van der Waals surface area contributed by atoms with Crippen molar-refractivity contribution in [3.8, 4) is 11.8 Å². The highest BCUT2D eigenvalue weighted by atomic mass is 35.5. The summed E-state index contributed by atoms with van der Waals surface area (Å²) in [5.41, 5.74) is 1.33. The first-order valence-electron chi connectivity index (χ1n) is 5.67. The summed E-state index contributed by atoms with van der Waals surface area (Å²) in [6.07, 6.45) is 0. The van der Waals surface area contributed by atoms with Crippen LogP contribution >= 0.6 is 11.6 Å². The van der Waals surface area contributed by atoms with Crippen molar-refractivity contribution in [3.05, 3.63) is 22.7 Å². The smallest absolute Gasteiger partial charge is 0.142 e. The molecule has 0 amide bonds. The molecule has 4 nitrogen and oxygen atoms in total. The van der Waals surface area contributed by atoms with Gasteiger partial charge in [0.15, 0.2) is 0 Å². The van der Waals surface area contributed by atoms with Crippen molar-refractivity contribution < 1.29 is 9.47 Å². The van der Waals surface area contributed by atoms with E-state index in [2.05, 4.69) is 11.4 Å². The summed E-state index contributed by atoms with van der Waals surface area (Å²) >= 11 is 6.09. The molecule has 1 aromatic rings. The van der Waals surface area contributed by atoms with Gasteiger partial charge in [0.2, 0.25) is 0 Å². The largest absolute Gasteiger partial charge is 0.495 e. The van der Waals surface area contributed by atoms with Crippen LogP contribution in [0, 0.1) is 23.7 Å². The molecule has 0 bridgehead atoms. The summed E-state index contributed by atoms with van der Waals surface area (Å²) in [6, 6.07) is 5.98. The molecular weight excluding hydrogens is 252 g/mol. The van der Waals surface area contributed by atoms with Crippen molar-refractivity contribution in [1.82, 2.24) is 0 Å². The number of aryl methyl sites for hydroxylation is 1. The fourth-order valence-corrected chi connectivity index (χ4v) is 1.94. The van der Waals surface area contributed by atoms with Crippen LogP contribution in [0.2, 0.25) is 5.02 Å². The maximum atomic E-state index is 9.11. The van der Waals surface area contributed by atoms with Gasteiger partial charge in [-0.15, -0.1) is 0 Å². The highest BCUT2D eigenvalue weighted by molar-refractivity contribution is 6.31. The molecule has 1 aliphatic rings. The van der Waals surface area contributed by atoms with Crippen LogP contribution in [0.4, 0.5) is 5.69 Å². The molecular formula is C13H15ClN2O2. The van der Waals surface area contributed by atoms with Gasteiger partial charge in [-0.2, -0.15) is 5.26 Å². The molecule has 1 heterocycles. The molecule has 0 aromatic heterocycles. The predicted molar refractivity (Wildman–Crippen MR) is 70.1 cm³/mol. The molecule has 0 saturated carbocycles. The summed E-state index contributed by atoms with van der Waals surface area (Å²) in [6.45, 7) is 3.39. The summed E-state index contributed by atoms with van der Waals surface area (Å²) in [4.78, 5) is 0. The number of hydrogen-bond acceptors (Lipinski definition) is 4. The number of rotatable bonds is 4. The van der Waals surface area contributed by atoms with Crippen LogP contribution in [-0.2, 0) is 4.74 Å². The topological polar surface area (TPSA) is 54.3 Å². The van der Waals surface area contributed by atoms with E-state index in [1.165, 1.54) is 0 Å². The Bertz CT molecular complexity index is 492. The third-order valence-corrected chi connectivity index (χ3v) is 3.50. The molecule has 2 rings (SSSR count). The molecule has 0 spiro atoms. The predicted octanol–water partition coefficient (Wildman–Crippen LogP) is 2.61. The lowest BCUT2D eigenvalue weighted by molar-refractivity contribution is -0.0690. The molecule has 96 valence electrons. The number of ether oxygens (including phenoxy) is 2. The Morgan fingerprint density at radius 1 is 1.56 bits per heavy atom. The highest BCUT2D eigenvalue weighted by Gasteiger charge is 2.38. The summed E-state index contributed by atoms with van der Waals surface area (Å²) in [5.74, 6) is 0.727. The first-order valence-corrected chi connectivity index (χ1v) is 6.05. The molecule has 1 fully saturated rings. The van der Waals surface area contributed by atoms with Crippen LogP contribution in [0.5, 0.6) is 5.75 Å². The number of anilines is 1. The summed E-state index contributed by atoms with van der Waals surface area (Å²) < 4.78 is 10.4. The molecule has 18 heavy (non-hydrogen) atoms. The minimum Gasteiger partial charge on any atom is -0.495 e. The quantitative estimate of drug-likeness (QED) is 0.910. The number of methoxy groups -OCH3 is 1. The van der Waals surface area contributed by atoms with Gasteiger partial charge in [0.05, 0.1) is 32.1 Å². The molecule has 0 aliphatic carbocycles. The average Bonchev–Trinajstić information content (AvgIpc) is 2.32. The number of hydrogen-bond donors (Lipinski definition) is 1. The Hall–Kier alpha value is -1.44. The van der Waals surface area contributed by atoms with E-state index in [0.29, 0.717) is 24.8 Å². The molecule has 0 atom stereocenters. The van der Waals surface area contributed by atoms with E-state index in [-0.39, 0.29) is 0 Å². The van der Waals surface area contributed by atoms with E-state index in [9.17, 15) is 0 Å². The zero-order valence-electron chi connectivity index (χ0n) is 10.4. The van der Waals surface area contributed by atoms with Gasteiger partial charge in [-0.1, -0.05) is 11.6 Å². The highest BCUT2D eigenvalue weighted by Crippen LogP contribution is 2.33. The van der Waals surface area contributed by atoms with Gasteiger partial charge < -0.3 is 14.8 Å². The van der Waals surface area contributed by atoms with Crippen LogP contribution in [0.15, 0.2) is 12.1 Å². The number of benzene rings is 1. The van der Waals surface area contributed by atoms with Crippen LogP contribution < -0.4 is 10.1 Å². The fraction of sp³-hybridized carbons (Fsp3) is 0.462. The van der Waals surface area contributed by atoms with E-state index in [1.54, 1.807) is 7.11 Å². The van der Waals surface area contributed by atoms with Crippen LogP contribution in [-0.4, -0.2) is 26.9 Å². The molecule has 1 saturated heterocycles. The second-order valence-electron chi connectivity index (χ2n) is 4.54. The Morgan fingerprint density at radius 2 is 2.28 bits per heavy atom. The van der Waals surface area contributed by atoms with Crippen molar-refractivity contribution in [3.63, 3.8) is 0 Å². The number of nitriles is 1. The molecule has 1 aliphatic heterocycles. The van der Waals surface area contributed by atoms with Crippen molar-refractivity contribution in [2.24, 2.45) is 5.41 Å². The fourth-order valence-electron chi connectivity index (χ4n) is 1.78. The second-order valence-corrected chi connectivity index (χ2v) is 4.95. The van der Waals surface area contributed by atoms with Gasteiger partial charge in [0.25, 0.3) is 0 Å². The number of nitrogens with zero attached hydrogens (tertiary/aromatic N) is 1. The van der Waals surface area contributed by atoms with Crippen LogP contribution in [0.25, 0.3) is 0 Å². The second kappa shape index (κ2) is 5.05. The molecule has 0 unspecified atom stereocenters. The van der Waals surface area contributed by atoms with Gasteiger partial charge in [0.1, 0.15) is 11.2 Å². The van der Waals surface area contributed by atoms with E-state index in [0.717, 1.165) is 17.0 Å². The van der Waals surface area contributed by atoms with Gasteiger partial charge in [0, 0.05) is 11.6 Å². The first kappa shape index (κ1) is 13.0. The van der Waals surface area contributed by atoms with Gasteiger partial charge in [-0.25, -0.2) is 0 Å². The zero-order chi connectivity index (χ0) is 13.2. The van der Waals surface area contributed by atoms with E-state index in [1.807, 2.05) is 19.1 Å². The molecule has 5 heteroatoms. The van der Waals surface area contributed by atoms with Crippen LogP contribution in [0.3, 0.4) is 0 Å². The summed E-state index contributed by atoms with van der Waals surface area (Å²) in [5, 5.41) is 13.0. The normalized spacial score (nSPS) is 16.6. The lowest BCUT2D eigenvalue weighted by atomic mass is 9.88. The van der Waals surface area contributed by atoms with E-state index < -0.39 is 5.41 Å². The maximum Gasteiger partial charge on any atom is 0.142 e. The van der Waals surface area contributed by atoms with E-state index >= 15 is 0 Å². The van der Waals surface area contributed by atoms with Crippen molar-refractivity contribution in [2.75, 3.05) is 32.2 Å². The Labute approximate surface area is 111 Å². The third kappa shape index (κ3) is 2.38. The lowest BCUT2D eigenvalue weighted by Crippen LogP contribution is -2.46. The average molecular weight is 267 g/mol. The Balaban J connectivity index is 2.14.